The molecule has 0 aromatic heterocycles. The van der Waals surface area contributed by atoms with E-state index < -0.39 is 4.92 Å². The van der Waals surface area contributed by atoms with Crippen molar-refractivity contribution in [2.75, 3.05) is 11.1 Å². The number of nitro benzene ring substituents is 1. The third kappa shape index (κ3) is 2.89. The second kappa shape index (κ2) is 5.34. The summed E-state index contributed by atoms with van der Waals surface area (Å²) in [5.74, 6) is 0. The SMILES string of the molecule is Nc1c(Cl)cc(Nc2ccccc2[N+](=O)[O-])cc1Cl. The lowest BCUT2D eigenvalue weighted by Crippen LogP contribution is -1.97. The number of nitrogens with one attached hydrogen (secondary N) is 1. The van der Waals surface area contributed by atoms with E-state index in [1.807, 2.05) is 0 Å². The Hall–Kier alpha value is -1.98. The number of halogens is 2. The number of benzene rings is 2. The number of nitrogens with zero attached hydrogens (tertiary/aromatic N) is 1. The molecule has 0 aliphatic carbocycles. The summed E-state index contributed by atoms with van der Waals surface area (Å²) in [6.45, 7) is 0. The molecule has 7 heteroatoms. The van der Waals surface area contributed by atoms with Crippen LogP contribution in [-0.2, 0) is 0 Å². The summed E-state index contributed by atoms with van der Waals surface area (Å²) >= 11 is 11.8. The third-order valence-corrected chi connectivity index (χ3v) is 3.08. The molecule has 0 aliphatic rings. The lowest BCUT2D eigenvalue weighted by Gasteiger charge is -2.09. The summed E-state index contributed by atoms with van der Waals surface area (Å²) in [5, 5.41) is 14.4. The summed E-state index contributed by atoms with van der Waals surface area (Å²) in [5.41, 5.74) is 6.74. The summed E-state index contributed by atoms with van der Waals surface area (Å²) in [6.07, 6.45) is 0. The molecule has 2 aromatic rings. The van der Waals surface area contributed by atoms with E-state index in [4.69, 9.17) is 28.9 Å². The molecular formula is C12H9Cl2N3O2. The smallest absolute Gasteiger partial charge is 0.292 e. The van der Waals surface area contributed by atoms with Gasteiger partial charge in [-0.3, -0.25) is 10.1 Å². The number of anilines is 3. The van der Waals surface area contributed by atoms with Crippen molar-refractivity contribution in [1.29, 1.82) is 0 Å². The van der Waals surface area contributed by atoms with E-state index in [1.165, 1.54) is 6.07 Å². The van der Waals surface area contributed by atoms with Crippen LogP contribution in [0.25, 0.3) is 0 Å². The van der Waals surface area contributed by atoms with Crippen LogP contribution in [0, 0.1) is 10.1 Å². The molecule has 2 rings (SSSR count). The molecule has 0 saturated heterocycles. The second-order valence-electron chi connectivity index (χ2n) is 3.75. The molecule has 0 bridgehead atoms. The van der Waals surface area contributed by atoms with Crippen molar-refractivity contribution < 1.29 is 4.92 Å². The number of rotatable bonds is 3. The molecule has 0 saturated carbocycles. The number of nitrogens with two attached hydrogens (primary N) is 1. The van der Waals surface area contributed by atoms with E-state index in [0.29, 0.717) is 11.4 Å². The van der Waals surface area contributed by atoms with E-state index in [0.717, 1.165) is 0 Å². The maximum Gasteiger partial charge on any atom is 0.292 e. The third-order valence-electron chi connectivity index (χ3n) is 2.46. The number of nitrogen functional groups attached to an aromatic ring is 1. The summed E-state index contributed by atoms with van der Waals surface area (Å²) in [7, 11) is 0. The first-order valence-corrected chi connectivity index (χ1v) is 5.99. The Balaban J connectivity index is 2.39. The maximum absolute atomic E-state index is 10.9. The Labute approximate surface area is 119 Å². The van der Waals surface area contributed by atoms with Gasteiger partial charge in [0.2, 0.25) is 0 Å². The first-order valence-electron chi connectivity index (χ1n) is 5.24. The molecule has 5 nitrogen and oxygen atoms in total. The molecule has 2 aromatic carbocycles. The summed E-state index contributed by atoms with van der Waals surface area (Å²) < 4.78 is 0. The van der Waals surface area contributed by atoms with Crippen molar-refractivity contribution in [1.82, 2.24) is 0 Å². The van der Waals surface area contributed by atoms with Gasteiger partial charge in [-0.15, -0.1) is 0 Å². The highest BCUT2D eigenvalue weighted by molar-refractivity contribution is 6.39. The number of hydrogen-bond donors (Lipinski definition) is 2. The van der Waals surface area contributed by atoms with Crippen LogP contribution in [0.3, 0.4) is 0 Å². The average molecular weight is 298 g/mol. The van der Waals surface area contributed by atoms with E-state index in [2.05, 4.69) is 5.32 Å². The van der Waals surface area contributed by atoms with Crippen LogP contribution in [0.1, 0.15) is 0 Å². The van der Waals surface area contributed by atoms with Crippen molar-refractivity contribution in [2.24, 2.45) is 0 Å². The van der Waals surface area contributed by atoms with E-state index in [-0.39, 0.29) is 21.4 Å². The van der Waals surface area contributed by atoms with Crippen LogP contribution in [0.4, 0.5) is 22.7 Å². The minimum atomic E-state index is -0.469. The Morgan fingerprint density at radius 2 is 1.74 bits per heavy atom. The standard InChI is InChI=1S/C12H9Cl2N3O2/c13-8-5-7(6-9(14)12(8)15)16-10-3-1-2-4-11(10)17(18)19/h1-6,16H,15H2. The summed E-state index contributed by atoms with van der Waals surface area (Å²) in [4.78, 5) is 10.4. The van der Waals surface area contributed by atoms with Crippen LogP contribution in [0.15, 0.2) is 36.4 Å². The molecule has 0 fully saturated rings. The molecule has 0 radical (unpaired) electrons. The van der Waals surface area contributed by atoms with Gasteiger partial charge in [0.15, 0.2) is 0 Å². The Kier molecular flexibility index (Phi) is 3.78. The van der Waals surface area contributed by atoms with Crippen molar-refractivity contribution in [3.63, 3.8) is 0 Å². The molecule has 98 valence electrons. The lowest BCUT2D eigenvalue weighted by molar-refractivity contribution is -0.383. The summed E-state index contributed by atoms with van der Waals surface area (Å²) in [6, 6.07) is 9.39. The molecular weight excluding hydrogens is 289 g/mol. The fraction of sp³-hybridized carbons (Fsp3) is 0. The second-order valence-corrected chi connectivity index (χ2v) is 4.57. The lowest BCUT2D eigenvalue weighted by atomic mass is 10.2. The predicted molar refractivity (Wildman–Crippen MR) is 77.3 cm³/mol. The highest BCUT2D eigenvalue weighted by Gasteiger charge is 2.13. The van der Waals surface area contributed by atoms with Crippen molar-refractivity contribution in [3.8, 4) is 0 Å². The van der Waals surface area contributed by atoms with E-state index in [9.17, 15) is 10.1 Å². The van der Waals surface area contributed by atoms with Gasteiger partial charge in [0.05, 0.1) is 20.7 Å². The number of para-hydroxylation sites is 2. The minimum absolute atomic E-state index is 0.0356. The minimum Gasteiger partial charge on any atom is -0.396 e. The highest BCUT2D eigenvalue weighted by Crippen LogP contribution is 2.34. The largest absolute Gasteiger partial charge is 0.396 e. The van der Waals surface area contributed by atoms with Gasteiger partial charge in [-0.1, -0.05) is 35.3 Å². The zero-order chi connectivity index (χ0) is 14.0. The van der Waals surface area contributed by atoms with Gasteiger partial charge in [0.25, 0.3) is 5.69 Å². The zero-order valence-corrected chi connectivity index (χ0v) is 11.1. The van der Waals surface area contributed by atoms with Gasteiger partial charge in [-0.05, 0) is 18.2 Å². The molecule has 0 heterocycles. The van der Waals surface area contributed by atoms with E-state index >= 15 is 0 Å². The maximum atomic E-state index is 10.9. The molecule has 19 heavy (non-hydrogen) atoms. The average Bonchev–Trinajstić information content (AvgIpc) is 2.36. The Bertz CT molecular complexity index is 624. The molecule has 0 spiro atoms. The first kappa shape index (κ1) is 13.5. The van der Waals surface area contributed by atoms with Gasteiger partial charge >= 0.3 is 0 Å². The Morgan fingerprint density at radius 3 is 2.32 bits per heavy atom. The predicted octanol–water partition coefficient (Wildman–Crippen LogP) is 4.23. The molecule has 3 N–H and O–H groups in total. The normalized spacial score (nSPS) is 10.2. The van der Waals surface area contributed by atoms with Crippen LogP contribution in [0.2, 0.25) is 10.0 Å². The monoisotopic (exact) mass is 297 g/mol. The Morgan fingerprint density at radius 1 is 1.16 bits per heavy atom. The van der Waals surface area contributed by atoms with Crippen LogP contribution >= 0.6 is 23.2 Å². The molecule has 0 unspecified atom stereocenters. The first-order chi connectivity index (χ1) is 8.99. The van der Waals surface area contributed by atoms with Gasteiger partial charge < -0.3 is 11.1 Å². The zero-order valence-electron chi connectivity index (χ0n) is 9.56. The highest BCUT2D eigenvalue weighted by atomic mass is 35.5. The van der Waals surface area contributed by atoms with Gasteiger partial charge in [-0.2, -0.15) is 0 Å². The van der Waals surface area contributed by atoms with Gasteiger partial charge in [0, 0.05) is 11.8 Å². The molecule has 0 amide bonds. The van der Waals surface area contributed by atoms with Crippen molar-refractivity contribution in [2.45, 2.75) is 0 Å². The van der Waals surface area contributed by atoms with Crippen LogP contribution in [0.5, 0.6) is 0 Å². The quantitative estimate of drug-likeness (QED) is 0.505. The van der Waals surface area contributed by atoms with Crippen molar-refractivity contribution >= 4 is 46.0 Å². The van der Waals surface area contributed by atoms with Gasteiger partial charge in [0.1, 0.15) is 5.69 Å². The fourth-order valence-corrected chi connectivity index (χ4v) is 2.04. The number of nitro groups is 1. The van der Waals surface area contributed by atoms with Crippen LogP contribution in [-0.4, -0.2) is 4.92 Å². The molecule has 0 aliphatic heterocycles. The number of hydrogen-bond acceptors (Lipinski definition) is 4. The van der Waals surface area contributed by atoms with Crippen molar-refractivity contribution in [3.05, 3.63) is 56.6 Å². The van der Waals surface area contributed by atoms with E-state index in [1.54, 1.807) is 30.3 Å². The fourth-order valence-electron chi connectivity index (χ4n) is 1.55. The van der Waals surface area contributed by atoms with Gasteiger partial charge in [-0.25, -0.2) is 0 Å². The topological polar surface area (TPSA) is 81.2 Å². The van der Waals surface area contributed by atoms with Crippen LogP contribution < -0.4 is 11.1 Å². The molecule has 0 atom stereocenters.